The first-order valence-electron chi connectivity index (χ1n) is 16.9. The van der Waals surface area contributed by atoms with E-state index >= 15 is 0 Å². The summed E-state index contributed by atoms with van der Waals surface area (Å²) < 4.78 is 10.3. The van der Waals surface area contributed by atoms with Gasteiger partial charge in [0.1, 0.15) is 0 Å². The van der Waals surface area contributed by atoms with Gasteiger partial charge in [-0.3, -0.25) is 0 Å². The van der Waals surface area contributed by atoms with Crippen LogP contribution in [0.5, 0.6) is 0 Å². The maximum atomic E-state index is 8.82. The van der Waals surface area contributed by atoms with Crippen molar-refractivity contribution < 1.29 is 11.0 Å². The number of hydrogen-bond acceptors (Lipinski definition) is 8. The summed E-state index contributed by atoms with van der Waals surface area (Å²) >= 11 is 4.46. The Morgan fingerprint density at radius 1 is 0.417 bits per heavy atom. The van der Waals surface area contributed by atoms with Crippen molar-refractivity contribution in [2.45, 2.75) is 176 Å². The predicted octanol–water partition coefficient (Wildman–Crippen LogP) is 11.7. The van der Waals surface area contributed by atoms with E-state index in [1.807, 2.05) is 0 Å². The average molecular weight is 1130 g/mol. The SMILES string of the molecule is CCC[CH2][Sn]([C]#N)[CH2]CCC.CCC[CH2][Sn]([C]#N)[CH2]CCC.N#C[S-].N#C[S-].[CH2-]CCC.[CH2-]CCC.[CH2-]CCC.[CH2-]CCC.[OH-].[OH-].[Sn+4].[Sn+4]. The molecule has 0 aliphatic rings. The Morgan fingerprint density at radius 2 is 0.542 bits per heavy atom. The summed E-state index contributed by atoms with van der Waals surface area (Å²) in [6, 6.07) is 0. The van der Waals surface area contributed by atoms with Crippen molar-refractivity contribution in [2.24, 2.45) is 0 Å². The van der Waals surface area contributed by atoms with Gasteiger partial charge in [-0.1, -0.05) is 64.2 Å². The minimum Gasteiger partial charge on any atom is -0.870 e. The second kappa shape index (κ2) is 110. The first-order chi connectivity index (χ1) is 21.2. The van der Waals surface area contributed by atoms with E-state index in [4.69, 9.17) is 21.0 Å². The maximum Gasteiger partial charge on any atom is 4.00 e. The smallest absolute Gasteiger partial charge is 0.870 e. The first-order valence-corrected chi connectivity index (χ1v) is 28.6. The van der Waals surface area contributed by atoms with Gasteiger partial charge in [0.05, 0.1) is 0 Å². The summed E-state index contributed by atoms with van der Waals surface area (Å²) in [6.07, 6.45) is 19.3. The standard InChI is InChI=1S/8C4H9.2CHNS.2CN.2H2O.4Sn/c8*1-3-4-2;2*2-1-3;2*1-2;;;;;;/h8*1,3-4H2,2H3;2*3H;;;2*1H2;;;;/q;;;;4*-1;;;;;;;;;2*+4/p-4. The molecule has 0 spiro atoms. The molecule has 0 amide bonds. The number of unbranched alkanes of at least 4 members (excludes halogenated alkanes) is 8. The van der Waals surface area contributed by atoms with Gasteiger partial charge in [0.15, 0.2) is 0 Å². The molecule has 0 aliphatic carbocycles. The summed E-state index contributed by atoms with van der Waals surface area (Å²) in [6.45, 7) is 31.7. The molecule has 0 bridgehead atoms. The van der Waals surface area contributed by atoms with E-state index in [1.165, 1.54) is 106 Å². The Morgan fingerprint density at radius 3 is 0.604 bits per heavy atom. The predicted molar refractivity (Wildman–Crippen MR) is 224 cm³/mol. The topological polar surface area (TPSA) is 155 Å². The summed E-state index contributed by atoms with van der Waals surface area (Å²) in [5, 5.41) is 34.6. The van der Waals surface area contributed by atoms with Crippen molar-refractivity contribution in [1.29, 1.82) is 21.0 Å². The van der Waals surface area contributed by atoms with Gasteiger partial charge in [-0.25, -0.2) is 10.5 Å². The zero-order valence-electron chi connectivity index (χ0n) is 32.5. The normalized spacial score (nSPS) is 7.38. The minimum absolute atomic E-state index is 0. The van der Waals surface area contributed by atoms with E-state index in [0.29, 0.717) is 0 Å². The third-order valence-corrected chi connectivity index (χ3v) is 17.8. The van der Waals surface area contributed by atoms with Crippen molar-refractivity contribution in [3.8, 4) is 19.0 Å². The van der Waals surface area contributed by atoms with Gasteiger partial charge in [0, 0.05) is 0 Å². The van der Waals surface area contributed by atoms with E-state index in [0.717, 1.165) is 25.7 Å². The average Bonchev–Trinajstić information content (AvgIpc) is 3.06. The van der Waals surface area contributed by atoms with Crippen LogP contribution in [0.15, 0.2) is 0 Å². The van der Waals surface area contributed by atoms with Crippen LogP contribution in [0.1, 0.15) is 158 Å². The molecule has 0 saturated carbocycles. The molecule has 2 radical (unpaired) electrons. The molecule has 278 valence electrons. The Kier molecular flexibility index (Phi) is 190. The second-order valence-corrected chi connectivity index (χ2v) is 23.7. The van der Waals surface area contributed by atoms with Gasteiger partial charge < -0.3 is 63.9 Å². The van der Waals surface area contributed by atoms with E-state index in [-0.39, 0.29) is 58.8 Å². The van der Waals surface area contributed by atoms with E-state index in [2.05, 4.69) is 117 Å². The molecule has 0 saturated heterocycles. The molecule has 0 aromatic rings. The van der Waals surface area contributed by atoms with Gasteiger partial charge in [-0.15, -0.1) is 0 Å². The van der Waals surface area contributed by atoms with Crippen LogP contribution < -0.4 is 0 Å². The fourth-order valence-electron chi connectivity index (χ4n) is 2.03. The molecule has 6 nitrogen and oxygen atoms in total. The minimum atomic E-state index is -1.47. The Bertz CT molecular complexity index is 506. The molecule has 12 heteroatoms. The number of nitriles is 4. The molecular formula is C36H74N4O2S2Sn4. The molecule has 2 N–H and O–H groups in total. The van der Waals surface area contributed by atoms with Crippen molar-refractivity contribution in [2.75, 3.05) is 0 Å². The molecule has 0 atom stereocenters. The zero-order chi connectivity index (χ0) is 36.1. The molecule has 0 heterocycles. The van der Waals surface area contributed by atoms with Crippen LogP contribution in [-0.2, 0) is 25.3 Å². The molecular weight excluding hydrogens is 1060 g/mol. The molecule has 0 aromatic carbocycles. The van der Waals surface area contributed by atoms with Crippen LogP contribution in [0.25, 0.3) is 0 Å². The summed E-state index contributed by atoms with van der Waals surface area (Å²) in [5.74, 6) is 0. The number of thiocyanates is 2. The summed E-state index contributed by atoms with van der Waals surface area (Å²) in [5.41, 5.74) is 0. The Labute approximate surface area is 363 Å². The van der Waals surface area contributed by atoms with Crippen molar-refractivity contribution in [3.63, 3.8) is 0 Å². The van der Waals surface area contributed by atoms with Crippen molar-refractivity contribution in [3.05, 3.63) is 27.7 Å². The second-order valence-electron chi connectivity index (χ2n) is 9.44. The molecule has 0 aromatic heterocycles. The van der Waals surface area contributed by atoms with Crippen molar-refractivity contribution in [1.82, 2.24) is 0 Å². The number of rotatable bonds is 16. The summed E-state index contributed by atoms with van der Waals surface area (Å²) in [4.78, 5) is 0. The fourth-order valence-corrected chi connectivity index (χ4v) is 13.6. The maximum absolute atomic E-state index is 8.82. The van der Waals surface area contributed by atoms with Crippen LogP contribution in [0, 0.1) is 67.7 Å². The van der Waals surface area contributed by atoms with Gasteiger partial charge in [0.25, 0.3) is 0 Å². The first kappa shape index (κ1) is 82.8. The van der Waals surface area contributed by atoms with Crippen LogP contribution in [0.3, 0.4) is 0 Å². The third kappa shape index (κ3) is 158. The van der Waals surface area contributed by atoms with Gasteiger partial charge in [0.2, 0.25) is 0 Å². The molecule has 0 aliphatic heterocycles. The summed E-state index contributed by atoms with van der Waals surface area (Å²) in [7, 11) is 0. The van der Waals surface area contributed by atoms with E-state index < -0.39 is 39.5 Å². The Hall–Kier alpha value is 1.51. The van der Waals surface area contributed by atoms with E-state index in [1.54, 1.807) is 0 Å². The number of nitrogens with zero attached hydrogens (tertiary/aromatic N) is 4. The third-order valence-electron chi connectivity index (χ3n) is 5.06. The fraction of sp³-hybridized carbons (Fsp3) is 0.778. The largest absolute Gasteiger partial charge is 4.00 e. The number of hydrogen-bond donors (Lipinski definition) is 0. The Balaban J connectivity index is -0.0000000325. The van der Waals surface area contributed by atoms with Gasteiger partial charge >= 0.3 is 203 Å². The van der Waals surface area contributed by atoms with E-state index in [9.17, 15) is 0 Å². The zero-order valence-corrected chi connectivity index (χ0v) is 45.5. The molecule has 0 unspecified atom stereocenters. The van der Waals surface area contributed by atoms with Crippen molar-refractivity contribution >= 4 is 113 Å². The molecule has 0 rings (SSSR count). The van der Waals surface area contributed by atoms with Crippen LogP contribution in [0.4, 0.5) is 0 Å². The monoisotopic (exact) mass is 1140 g/mol. The van der Waals surface area contributed by atoms with Crippen LogP contribution >= 0.6 is 0 Å². The quantitative estimate of drug-likeness (QED) is 0.0640. The van der Waals surface area contributed by atoms with Crippen LogP contribution in [-0.4, -0.2) is 98.3 Å². The van der Waals surface area contributed by atoms with Gasteiger partial charge in [-0.05, 0) is 0 Å². The van der Waals surface area contributed by atoms with Gasteiger partial charge in [-0.2, -0.15) is 25.7 Å². The molecule has 0 fully saturated rings. The van der Waals surface area contributed by atoms with Crippen LogP contribution in [0.2, 0.25) is 17.7 Å². The molecule has 48 heavy (non-hydrogen) atoms.